The monoisotopic (exact) mass is 236 g/mol. The lowest BCUT2D eigenvalue weighted by atomic mass is 10.2. The van der Waals surface area contributed by atoms with Gasteiger partial charge >= 0.3 is 10.4 Å². The minimum absolute atomic E-state index is 0.00446. The van der Waals surface area contributed by atoms with Gasteiger partial charge in [0.2, 0.25) is 5.75 Å². The number of aliphatic hydroxyl groups is 1. The Kier molecular flexibility index (Phi) is 3.03. The Hall–Kier alpha value is -1.51. The van der Waals surface area contributed by atoms with Gasteiger partial charge in [0.25, 0.3) is 0 Å². The summed E-state index contributed by atoms with van der Waals surface area (Å²) in [7, 11) is -4.77. The lowest BCUT2D eigenvalue weighted by Gasteiger charge is -2.07. The van der Waals surface area contributed by atoms with Gasteiger partial charge in [-0.05, 0) is 12.1 Å². The molecule has 0 radical (unpaired) electrons. The van der Waals surface area contributed by atoms with Crippen molar-refractivity contribution in [2.45, 2.75) is 6.61 Å². The second-order valence-electron chi connectivity index (χ2n) is 2.59. The number of hydrogen-bond donors (Lipinski definition) is 4. The highest BCUT2D eigenvalue weighted by Gasteiger charge is 2.16. The summed E-state index contributed by atoms with van der Waals surface area (Å²) >= 11 is 0. The maximum Gasteiger partial charge on any atom is 0.446 e. The summed E-state index contributed by atoms with van der Waals surface area (Å²) in [6.45, 7) is -0.536. The van der Waals surface area contributed by atoms with E-state index in [9.17, 15) is 18.6 Å². The molecular formula is C7H8O7S. The summed E-state index contributed by atoms with van der Waals surface area (Å²) in [6.07, 6.45) is 0. The van der Waals surface area contributed by atoms with Crippen molar-refractivity contribution < 1.29 is 32.5 Å². The van der Waals surface area contributed by atoms with Gasteiger partial charge in [0.1, 0.15) is 0 Å². The standard InChI is InChI=1S/C7H8O7S/c8-3-4-1-2-5(7(10)6(4)9)14-15(11,12)13/h1-2,8-10H,3H2,(H,11,12,13). The minimum Gasteiger partial charge on any atom is -0.504 e. The highest BCUT2D eigenvalue weighted by atomic mass is 32.3. The van der Waals surface area contributed by atoms with Crippen LogP contribution in [0.25, 0.3) is 0 Å². The molecule has 0 saturated carbocycles. The number of benzene rings is 1. The van der Waals surface area contributed by atoms with Crippen LogP contribution in [-0.4, -0.2) is 28.3 Å². The van der Waals surface area contributed by atoms with Crippen LogP contribution in [0.4, 0.5) is 0 Å². The van der Waals surface area contributed by atoms with Crippen molar-refractivity contribution in [2.24, 2.45) is 0 Å². The van der Waals surface area contributed by atoms with Gasteiger partial charge in [0.05, 0.1) is 6.61 Å². The van der Waals surface area contributed by atoms with Crippen LogP contribution in [0.15, 0.2) is 12.1 Å². The van der Waals surface area contributed by atoms with Crippen LogP contribution in [0.1, 0.15) is 5.56 Å². The fraction of sp³-hybridized carbons (Fsp3) is 0.143. The van der Waals surface area contributed by atoms with Crippen molar-refractivity contribution in [1.29, 1.82) is 0 Å². The zero-order chi connectivity index (χ0) is 11.6. The molecular weight excluding hydrogens is 228 g/mol. The van der Waals surface area contributed by atoms with Crippen LogP contribution in [-0.2, 0) is 17.0 Å². The van der Waals surface area contributed by atoms with Gasteiger partial charge in [-0.2, -0.15) is 8.42 Å². The molecule has 0 aromatic heterocycles. The van der Waals surface area contributed by atoms with E-state index >= 15 is 0 Å². The van der Waals surface area contributed by atoms with Gasteiger partial charge in [-0.3, -0.25) is 4.55 Å². The first kappa shape index (κ1) is 11.6. The van der Waals surface area contributed by atoms with Crippen molar-refractivity contribution in [3.05, 3.63) is 17.7 Å². The van der Waals surface area contributed by atoms with Crippen LogP contribution in [0.5, 0.6) is 17.2 Å². The molecule has 7 nitrogen and oxygen atoms in total. The molecule has 0 amide bonds. The quantitative estimate of drug-likeness (QED) is 0.422. The van der Waals surface area contributed by atoms with E-state index in [1.54, 1.807) is 0 Å². The third-order valence-electron chi connectivity index (χ3n) is 1.56. The van der Waals surface area contributed by atoms with Gasteiger partial charge in [-0.1, -0.05) is 0 Å². The van der Waals surface area contributed by atoms with E-state index in [1.165, 1.54) is 0 Å². The number of aromatic hydroxyl groups is 2. The van der Waals surface area contributed by atoms with E-state index in [4.69, 9.17) is 9.66 Å². The fourth-order valence-electron chi connectivity index (χ4n) is 0.911. The fourth-order valence-corrected chi connectivity index (χ4v) is 1.27. The van der Waals surface area contributed by atoms with Gasteiger partial charge in [0.15, 0.2) is 11.5 Å². The summed E-state index contributed by atoms with van der Waals surface area (Å²) in [5.74, 6) is -2.22. The smallest absolute Gasteiger partial charge is 0.446 e. The Morgan fingerprint density at radius 3 is 2.27 bits per heavy atom. The average molecular weight is 236 g/mol. The van der Waals surface area contributed by atoms with Gasteiger partial charge < -0.3 is 19.5 Å². The molecule has 84 valence electrons. The average Bonchev–Trinajstić information content (AvgIpc) is 2.11. The molecule has 0 unspecified atom stereocenters. The lowest BCUT2D eigenvalue weighted by Crippen LogP contribution is -2.06. The highest BCUT2D eigenvalue weighted by Crippen LogP contribution is 2.38. The van der Waals surface area contributed by atoms with Gasteiger partial charge in [0, 0.05) is 5.56 Å². The molecule has 0 spiro atoms. The van der Waals surface area contributed by atoms with Crippen molar-refractivity contribution in [3.63, 3.8) is 0 Å². The molecule has 1 rings (SSSR count). The first-order valence-corrected chi connectivity index (χ1v) is 5.03. The highest BCUT2D eigenvalue weighted by molar-refractivity contribution is 7.81. The largest absolute Gasteiger partial charge is 0.504 e. The molecule has 1 aromatic rings. The maximum absolute atomic E-state index is 10.3. The molecule has 4 N–H and O–H groups in total. The molecule has 0 heterocycles. The number of phenols is 2. The van der Waals surface area contributed by atoms with E-state index in [0.29, 0.717) is 0 Å². The third kappa shape index (κ3) is 2.72. The Bertz CT molecular complexity index is 464. The lowest BCUT2D eigenvalue weighted by molar-refractivity contribution is 0.272. The third-order valence-corrected chi connectivity index (χ3v) is 1.95. The number of rotatable bonds is 3. The summed E-state index contributed by atoms with van der Waals surface area (Å²) in [4.78, 5) is 0. The first-order valence-electron chi connectivity index (χ1n) is 3.66. The minimum atomic E-state index is -4.77. The molecule has 0 fully saturated rings. The van der Waals surface area contributed by atoms with E-state index < -0.39 is 34.3 Å². The van der Waals surface area contributed by atoms with Crippen molar-refractivity contribution in [3.8, 4) is 17.2 Å². The second-order valence-corrected chi connectivity index (χ2v) is 3.61. The number of phenolic OH excluding ortho intramolecular Hbond substituents is 1. The van der Waals surface area contributed by atoms with Crippen molar-refractivity contribution in [1.82, 2.24) is 0 Å². The molecule has 15 heavy (non-hydrogen) atoms. The maximum atomic E-state index is 10.3. The molecule has 8 heteroatoms. The molecule has 0 aliphatic carbocycles. The van der Waals surface area contributed by atoms with Crippen LogP contribution >= 0.6 is 0 Å². The molecule has 0 saturated heterocycles. The van der Waals surface area contributed by atoms with E-state index in [1.807, 2.05) is 0 Å². The van der Waals surface area contributed by atoms with Crippen LogP contribution in [0, 0.1) is 0 Å². The summed E-state index contributed by atoms with van der Waals surface area (Å²) in [5.41, 5.74) is -0.00446. The molecule has 0 aliphatic rings. The first-order chi connectivity index (χ1) is 6.85. The summed E-state index contributed by atoms with van der Waals surface area (Å²) in [6, 6.07) is 2.12. The summed E-state index contributed by atoms with van der Waals surface area (Å²) < 4.78 is 32.9. The Labute approximate surface area is 85.1 Å². The Morgan fingerprint density at radius 1 is 1.20 bits per heavy atom. The molecule has 0 aliphatic heterocycles. The predicted octanol–water partition coefficient (Wildman–Crippen LogP) is -0.228. The SMILES string of the molecule is O=S(=O)(O)Oc1ccc(CO)c(O)c1O. The van der Waals surface area contributed by atoms with E-state index in [-0.39, 0.29) is 5.56 Å². The normalized spacial score (nSPS) is 11.3. The summed E-state index contributed by atoms with van der Waals surface area (Å²) in [5, 5.41) is 27.1. The zero-order valence-corrected chi connectivity index (χ0v) is 8.10. The molecule has 0 atom stereocenters. The van der Waals surface area contributed by atoms with Crippen LogP contribution < -0.4 is 4.18 Å². The second kappa shape index (κ2) is 3.93. The van der Waals surface area contributed by atoms with E-state index in [2.05, 4.69) is 4.18 Å². The molecule has 1 aromatic carbocycles. The topological polar surface area (TPSA) is 124 Å². The van der Waals surface area contributed by atoms with Gasteiger partial charge in [-0.15, -0.1) is 0 Å². The zero-order valence-electron chi connectivity index (χ0n) is 7.28. The number of aliphatic hydroxyl groups excluding tert-OH is 1. The number of hydrogen-bond acceptors (Lipinski definition) is 6. The van der Waals surface area contributed by atoms with Crippen LogP contribution in [0.2, 0.25) is 0 Å². The Balaban J connectivity index is 3.18. The molecule has 0 bridgehead atoms. The van der Waals surface area contributed by atoms with Crippen molar-refractivity contribution in [2.75, 3.05) is 0 Å². The van der Waals surface area contributed by atoms with E-state index in [0.717, 1.165) is 12.1 Å². The van der Waals surface area contributed by atoms with Crippen LogP contribution in [0.3, 0.4) is 0 Å². The van der Waals surface area contributed by atoms with Crippen molar-refractivity contribution >= 4 is 10.4 Å². The van der Waals surface area contributed by atoms with Gasteiger partial charge in [-0.25, -0.2) is 0 Å². The Morgan fingerprint density at radius 2 is 1.80 bits per heavy atom. The predicted molar refractivity (Wildman–Crippen MR) is 47.9 cm³/mol.